The first-order valence-electron chi connectivity index (χ1n) is 14.0. The van der Waals surface area contributed by atoms with E-state index in [1.165, 1.54) is 13.1 Å². The summed E-state index contributed by atoms with van der Waals surface area (Å²) in [4.78, 5) is 17.3. The number of carbonyl (C=O) groups is 1. The van der Waals surface area contributed by atoms with Gasteiger partial charge >= 0.3 is 0 Å². The van der Waals surface area contributed by atoms with E-state index in [9.17, 15) is 9.90 Å². The van der Waals surface area contributed by atoms with E-state index >= 15 is 0 Å². The molecule has 180 valence electrons. The minimum atomic E-state index is -2.64. The number of phenolic OH excluding ortho intramolecular Hbond substituents is 1. The van der Waals surface area contributed by atoms with Crippen LogP contribution in [0.2, 0.25) is 10.0 Å². The fourth-order valence-electron chi connectivity index (χ4n) is 4.74. The van der Waals surface area contributed by atoms with Crippen molar-refractivity contribution in [2.45, 2.75) is 50.7 Å². The van der Waals surface area contributed by atoms with Gasteiger partial charge in [-0.2, -0.15) is 0 Å². The Balaban J connectivity index is 1.92. The van der Waals surface area contributed by atoms with Crippen LogP contribution in [0.3, 0.4) is 0 Å². The van der Waals surface area contributed by atoms with E-state index < -0.39 is 25.7 Å². The minimum absolute atomic E-state index is 0.0760. The second kappa shape index (κ2) is 10.1. The number of hydrogen-bond acceptors (Lipinski definition) is 6. The molecule has 2 aromatic carbocycles. The number of pyridine rings is 1. The molecule has 0 atom stereocenters. The lowest BCUT2D eigenvalue weighted by molar-refractivity contribution is 0.101. The number of benzene rings is 2. The maximum Gasteiger partial charge on any atom is 0.163 e. The van der Waals surface area contributed by atoms with Gasteiger partial charge in [0.1, 0.15) is 0 Å². The highest BCUT2D eigenvalue weighted by Gasteiger charge is 2.39. The van der Waals surface area contributed by atoms with Gasteiger partial charge in [-0.15, -0.1) is 0 Å². The summed E-state index contributed by atoms with van der Waals surface area (Å²) in [5.74, 6) is -0.502. The Labute approximate surface area is 218 Å². The van der Waals surface area contributed by atoms with Gasteiger partial charge in [0.15, 0.2) is 11.5 Å². The van der Waals surface area contributed by atoms with Crippen LogP contribution in [0.1, 0.15) is 57.6 Å². The van der Waals surface area contributed by atoms with Crippen molar-refractivity contribution < 1.29 is 18.1 Å². The molecule has 6 nitrogen and oxygen atoms in total. The molecule has 1 aliphatic rings. The smallest absolute Gasteiger partial charge is 0.163 e. The number of carbonyl (C=O) groups excluding carboxylic acids is 1. The highest BCUT2D eigenvalue weighted by atomic mass is 35.5. The molecule has 4 rings (SSSR count). The van der Waals surface area contributed by atoms with Crippen LogP contribution in [0, 0.1) is 0 Å². The number of nitrogens with one attached hydrogen (secondary N) is 3. The molecule has 1 heterocycles. The van der Waals surface area contributed by atoms with Gasteiger partial charge in [0.25, 0.3) is 0 Å². The highest BCUT2D eigenvalue weighted by molar-refractivity contribution is 6.37. The summed E-state index contributed by atoms with van der Waals surface area (Å²) in [6.07, 6.45) is 3.53. The summed E-state index contributed by atoms with van der Waals surface area (Å²) in [6.45, 7) is -3.86. The van der Waals surface area contributed by atoms with Crippen molar-refractivity contribution in [1.29, 1.82) is 0 Å². The van der Waals surface area contributed by atoms with Crippen LogP contribution in [0.25, 0.3) is 22.0 Å². The van der Waals surface area contributed by atoms with E-state index in [1.54, 1.807) is 30.3 Å². The van der Waals surface area contributed by atoms with E-state index in [4.69, 9.17) is 31.4 Å². The Bertz CT molecular complexity index is 1390. The predicted octanol–water partition coefficient (Wildman–Crippen LogP) is 6.00. The third-order valence-corrected chi connectivity index (χ3v) is 7.13. The SMILES string of the molecule is [2H]C([2H])([2H])NC(NC([2H])([2H])[2H])C1(Nc2c(C(C)=O)cnc3ccc(-c4cc(Cl)c(O)c(Cl)c4)cc23)CCCCC1. The van der Waals surface area contributed by atoms with Crippen molar-refractivity contribution in [2.24, 2.45) is 0 Å². The van der Waals surface area contributed by atoms with Gasteiger partial charge in [-0.25, -0.2) is 0 Å². The van der Waals surface area contributed by atoms with Crippen LogP contribution in [-0.2, 0) is 0 Å². The van der Waals surface area contributed by atoms with Gasteiger partial charge < -0.3 is 21.1 Å². The number of rotatable bonds is 7. The van der Waals surface area contributed by atoms with Crippen molar-refractivity contribution in [3.63, 3.8) is 0 Å². The number of Topliss-reactive ketones (excluding diaryl/α,β-unsaturated/α-hetero) is 1. The summed E-state index contributed by atoms with van der Waals surface area (Å²) in [5.41, 5.74) is 1.48. The first-order chi connectivity index (χ1) is 18.6. The Morgan fingerprint density at radius 2 is 1.76 bits per heavy atom. The van der Waals surface area contributed by atoms with Crippen molar-refractivity contribution in [1.82, 2.24) is 15.6 Å². The standard InChI is InChI=1S/C26H30Cl2N4O2/c1-15(33)19-14-31-22-8-7-16(17-12-20(27)24(34)21(28)13-17)11-18(22)23(19)32-26(25(29-2)30-3)9-5-4-6-10-26/h7-8,11-14,25,29-30,34H,4-6,9-10H2,1-3H3,(H,31,32)/i2D3,3D3. The normalized spacial score (nSPS) is 18.9. The molecule has 4 N–H and O–H groups in total. The average Bonchev–Trinajstić information content (AvgIpc) is 2.85. The Morgan fingerprint density at radius 3 is 2.38 bits per heavy atom. The molecule has 0 amide bonds. The van der Waals surface area contributed by atoms with Crippen molar-refractivity contribution in [2.75, 3.05) is 19.3 Å². The fraction of sp³-hybridized carbons (Fsp3) is 0.385. The molecule has 1 aromatic heterocycles. The van der Waals surface area contributed by atoms with Gasteiger partial charge in [0.05, 0.1) is 38.5 Å². The third kappa shape index (κ3) is 4.60. The lowest BCUT2D eigenvalue weighted by atomic mass is 9.78. The van der Waals surface area contributed by atoms with Gasteiger partial charge in [0, 0.05) is 19.8 Å². The van der Waals surface area contributed by atoms with Crippen LogP contribution in [0.4, 0.5) is 5.69 Å². The number of halogens is 2. The van der Waals surface area contributed by atoms with Crippen LogP contribution < -0.4 is 16.0 Å². The molecule has 0 bridgehead atoms. The first-order valence-corrected chi connectivity index (χ1v) is 11.8. The summed E-state index contributed by atoms with van der Waals surface area (Å²) < 4.78 is 47.0. The second-order valence-electron chi connectivity index (χ2n) is 8.69. The third-order valence-electron chi connectivity index (χ3n) is 6.56. The Kier molecular flexibility index (Phi) is 5.33. The largest absolute Gasteiger partial charge is 0.505 e. The number of hydrogen-bond donors (Lipinski definition) is 4. The van der Waals surface area contributed by atoms with Crippen molar-refractivity contribution in [3.8, 4) is 16.9 Å². The maximum atomic E-state index is 12.8. The number of anilines is 1. The topological polar surface area (TPSA) is 86.3 Å². The van der Waals surface area contributed by atoms with Gasteiger partial charge in [0.2, 0.25) is 0 Å². The Morgan fingerprint density at radius 1 is 1.09 bits per heavy atom. The summed E-state index contributed by atoms with van der Waals surface area (Å²) in [7, 11) is 0. The minimum Gasteiger partial charge on any atom is -0.505 e. The van der Waals surface area contributed by atoms with Gasteiger partial charge in [-0.05, 0) is 69.1 Å². The molecule has 1 fully saturated rings. The molecule has 0 radical (unpaired) electrons. The molecule has 0 spiro atoms. The van der Waals surface area contributed by atoms with Crippen molar-refractivity contribution >= 4 is 45.6 Å². The van der Waals surface area contributed by atoms with E-state index in [-0.39, 0.29) is 27.1 Å². The average molecular weight is 507 g/mol. The number of aromatic hydroxyl groups is 1. The zero-order valence-electron chi connectivity index (χ0n) is 24.6. The molecular weight excluding hydrogens is 471 g/mol. The summed E-state index contributed by atoms with van der Waals surface area (Å²) in [6, 6.07) is 8.50. The number of nitrogens with zero attached hydrogens (tertiary/aromatic N) is 1. The zero-order valence-corrected chi connectivity index (χ0v) is 20.1. The molecule has 34 heavy (non-hydrogen) atoms. The zero-order chi connectivity index (χ0) is 29.5. The second-order valence-corrected chi connectivity index (χ2v) is 9.50. The summed E-state index contributed by atoms with van der Waals surface area (Å²) >= 11 is 12.3. The van der Waals surface area contributed by atoms with Crippen LogP contribution in [-0.4, -0.2) is 41.5 Å². The maximum absolute atomic E-state index is 12.8. The van der Waals surface area contributed by atoms with Crippen molar-refractivity contribution in [3.05, 3.63) is 52.1 Å². The predicted molar refractivity (Wildman–Crippen MR) is 140 cm³/mol. The fourth-order valence-corrected chi connectivity index (χ4v) is 5.22. The van der Waals surface area contributed by atoms with Crippen LogP contribution in [0.5, 0.6) is 5.75 Å². The molecule has 0 unspecified atom stereocenters. The molecule has 0 aliphatic heterocycles. The monoisotopic (exact) mass is 506 g/mol. The Hall–Kier alpha value is -2.38. The van der Waals surface area contributed by atoms with Crippen LogP contribution >= 0.6 is 23.2 Å². The lowest BCUT2D eigenvalue weighted by Gasteiger charge is -2.45. The van der Waals surface area contributed by atoms with E-state index in [0.29, 0.717) is 40.6 Å². The number of phenols is 1. The van der Waals surface area contributed by atoms with E-state index in [2.05, 4.69) is 20.9 Å². The first kappa shape index (κ1) is 18.0. The molecule has 8 heteroatoms. The van der Waals surface area contributed by atoms with Crippen LogP contribution in [0.15, 0.2) is 36.5 Å². The molecule has 3 aromatic rings. The quantitative estimate of drug-likeness (QED) is 0.232. The van der Waals surface area contributed by atoms with E-state index in [0.717, 1.165) is 19.3 Å². The molecule has 1 saturated carbocycles. The molecule has 1 aliphatic carbocycles. The summed E-state index contributed by atoms with van der Waals surface area (Å²) in [5, 5.41) is 19.2. The number of aromatic nitrogens is 1. The number of ketones is 1. The molecular formula is C26H30Cl2N4O2. The van der Waals surface area contributed by atoms with Gasteiger partial charge in [-0.1, -0.05) is 48.5 Å². The van der Waals surface area contributed by atoms with Gasteiger partial charge in [-0.3, -0.25) is 9.78 Å². The van der Waals surface area contributed by atoms with E-state index in [1.807, 2.05) is 0 Å². The lowest BCUT2D eigenvalue weighted by Crippen LogP contribution is -2.61. The highest BCUT2D eigenvalue weighted by Crippen LogP contribution is 2.40. The number of likely N-dealkylation sites (N-methyl/N-ethyl adjacent to an activating group) is 2. The number of fused-ring (bicyclic) bond motifs is 1. The molecule has 0 saturated heterocycles.